The van der Waals surface area contributed by atoms with Crippen LogP contribution in [0.15, 0.2) is 34.9 Å². The van der Waals surface area contributed by atoms with Crippen molar-refractivity contribution in [2.75, 3.05) is 12.4 Å². The number of ether oxygens (including phenoxy) is 1. The van der Waals surface area contributed by atoms with Crippen LogP contribution in [0.1, 0.15) is 16.2 Å². The molecule has 1 N–H and O–H groups in total. The molecule has 0 saturated carbocycles. The number of hydrogen-bond donors (Lipinski definition) is 1. The first-order valence-corrected chi connectivity index (χ1v) is 8.23. The van der Waals surface area contributed by atoms with Gasteiger partial charge in [-0.3, -0.25) is 0 Å². The maximum atomic E-state index is 14.3. The van der Waals surface area contributed by atoms with Gasteiger partial charge in [-0.15, -0.1) is 0 Å². The summed E-state index contributed by atoms with van der Waals surface area (Å²) in [4.78, 5) is 19.9. The lowest BCUT2D eigenvalue weighted by molar-refractivity contribution is 0.0594. The van der Waals surface area contributed by atoms with Gasteiger partial charge in [0.05, 0.1) is 25.5 Å². The number of hydrogen-bond acceptors (Lipinski definition) is 6. The first-order chi connectivity index (χ1) is 12.9. The van der Waals surface area contributed by atoms with Crippen LogP contribution in [0.5, 0.6) is 0 Å². The fraction of sp³-hybridized carbons (Fsp3) is 0.118. The van der Waals surface area contributed by atoms with Gasteiger partial charge in [-0.2, -0.15) is 0 Å². The molecule has 10 heteroatoms. The van der Waals surface area contributed by atoms with Crippen molar-refractivity contribution < 1.29 is 22.7 Å². The third-order valence-electron chi connectivity index (χ3n) is 3.47. The highest BCUT2D eigenvalue weighted by Crippen LogP contribution is 2.31. The van der Waals surface area contributed by atoms with Crippen LogP contribution in [-0.2, 0) is 11.3 Å². The molecule has 3 aromatic rings. The van der Waals surface area contributed by atoms with Gasteiger partial charge in [-0.1, -0.05) is 23.2 Å². The number of nitrogens with zero attached hydrogens (tertiary/aromatic N) is 2. The number of nitrogens with one attached hydrogen (secondary N) is 1. The Morgan fingerprint density at radius 3 is 2.56 bits per heavy atom. The van der Waals surface area contributed by atoms with Crippen molar-refractivity contribution in [2.45, 2.75) is 6.54 Å². The molecule has 1 aromatic carbocycles. The minimum atomic E-state index is -0.991. The number of benzene rings is 1. The van der Waals surface area contributed by atoms with Gasteiger partial charge < -0.3 is 14.5 Å². The number of esters is 1. The number of halogens is 4. The fourth-order valence-corrected chi connectivity index (χ4v) is 2.67. The Morgan fingerprint density at radius 1 is 1.26 bits per heavy atom. The third kappa shape index (κ3) is 4.01. The molecule has 27 heavy (non-hydrogen) atoms. The van der Waals surface area contributed by atoms with Crippen LogP contribution < -0.4 is 5.32 Å². The number of furan rings is 1. The van der Waals surface area contributed by atoms with Gasteiger partial charge in [0.2, 0.25) is 0 Å². The minimum Gasteiger partial charge on any atom is -0.467 e. The van der Waals surface area contributed by atoms with Crippen molar-refractivity contribution in [1.82, 2.24) is 9.97 Å². The van der Waals surface area contributed by atoms with Crippen LogP contribution in [0, 0.1) is 11.6 Å². The first kappa shape index (κ1) is 19.1. The zero-order valence-electron chi connectivity index (χ0n) is 13.7. The molecule has 2 aromatic heterocycles. The molecule has 0 spiro atoms. The first-order valence-electron chi connectivity index (χ1n) is 7.47. The predicted octanol–water partition coefficient (Wildman–Crippen LogP) is 4.72. The van der Waals surface area contributed by atoms with Crippen molar-refractivity contribution in [1.29, 1.82) is 0 Å². The number of carbonyl (C=O) groups is 1. The summed E-state index contributed by atoms with van der Waals surface area (Å²) in [5, 5.41) is 2.55. The molecule has 6 nitrogen and oxygen atoms in total. The highest BCUT2D eigenvalue weighted by Gasteiger charge is 2.23. The molecule has 0 saturated heterocycles. The van der Waals surface area contributed by atoms with Crippen LogP contribution in [-0.4, -0.2) is 23.0 Å². The van der Waals surface area contributed by atoms with Gasteiger partial charge in [0, 0.05) is 5.02 Å². The number of anilines is 1. The number of carbonyl (C=O) groups excluding carboxylic acids is 1. The van der Waals surface area contributed by atoms with E-state index in [0.29, 0.717) is 5.76 Å². The molecule has 0 atom stereocenters. The molecular formula is C17H11Cl2F2N3O3. The second-order valence-electron chi connectivity index (χ2n) is 5.23. The maximum absolute atomic E-state index is 14.3. The summed E-state index contributed by atoms with van der Waals surface area (Å²) >= 11 is 11.8. The molecular weight excluding hydrogens is 403 g/mol. The topological polar surface area (TPSA) is 77.2 Å². The fourth-order valence-electron chi connectivity index (χ4n) is 2.25. The van der Waals surface area contributed by atoms with E-state index in [0.717, 1.165) is 19.2 Å². The summed E-state index contributed by atoms with van der Waals surface area (Å²) in [5.41, 5.74) is -0.901. The monoisotopic (exact) mass is 413 g/mol. The van der Waals surface area contributed by atoms with Gasteiger partial charge in [0.1, 0.15) is 28.2 Å². The van der Waals surface area contributed by atoms with Crippen molar-refractivity contribution in [2.24, 2.45) is 0 Å². The van der Waals surface area contributed by atoms with Crippen molar-refractivity contribution >= 4 is 35.0 Å². The Bertz CT molecular complexity index is 974. The van der Waals surface area contributed by atoms with Crippen LogP contribution in [0.25, 0.3) is 11.4 Å². The summed E-state index contributed by atoms with van der Waals surface area (Å²) in [6, 6.07) is 5.20. The van der Waals surface area contributed by atoms with Crippen molar-refractivity contribution in [3.05, 3.63) is 63.7 Å². The Hall–Kier alpha value is -2.71. The van der Waals surface area contributed by atoms with Crippen LogP contribution >= 0.6 is 23.2 Å². The van der Waals surface area contributed by atoms with Crippen LogP contribution in [0.3, 0.4) is 0 Å². The lowest BCUT2D eigenvalue weighted by atomic mass is 10.1. The lowest BCUT2D eigenvalue weighted by Crippen LogP contribution is -2.12. The zero-order valence-corrected chi connectivity index (χ0v) is 15.2. The Balaban J connectivity index is 2.11. The largest absolute Gasteiger partial charge is 0.467 e. The van der Waals surface area contributed by atoms with Crippen molar-refractivity contribution in [3.63, 3.8) is 0 Å². The second kappa shape index (κ2) is 7.89. The van der Waals surface area contributed by atoms with E-state index in [2.05, 4.69) is 20.0 Å². The molecule has 0 aliphatic heterocycles. The number of aromatic nitrogens is 2. The standard InChI is InChI=1S/C17H11Cl2F2N3O3/c1-26-17(25)14-13(19)16(22-7-9-3-2-4-27-9)24-15(23-14)12-10(20)5-8(18)6-11(12)21/h2-6H,7H2,1H3,(H,22,23,24). The zero-order chi connectivity index (χ0) is 19.6. The van der Waals surface area contributed by atoms with E-state index in [4.69, 9.17) is 27.6 Å². The van der Waals surface area contributed by atoms with Crippen molar-refractivity contribution in [3.8, 4) is 11.4 Å². The van der Waals surface area contributed by atoms with Crippen LogP contribution in [0.2, 0.25) is 10.0 Å². The van der Waals surface area contributed by atoms with Gasteiger partial charge in [-0.05, 0) is 24.3 Å². The molecule has 140 valence electrons. The van der Waals surface area contributed by atoms with Gasteiger partial charge in [-0.25, -0.2) is 23.5 Å². The smallest absolute Gasteiger partial charge is 0.358 e. The Morgan fingerprint density at radius 2 is 1.96 bits per heavy atom. The van der Waals surface area contributed by atoms with Gasteiger partial charge >= 0.3 is 5.97 Å². The van der Waals surface area contributed by atoms with Gasteiger partial charge in [0.15, 0.2) is 11.5 Å². The normalized spacial score (nSPS) is 10.7. The molecule has 0 fully saturated rings. The van der Waals surface area contributed by atoms with E-state index in [9.17, 15) is 13.6 Å². The van der Waals surface area contributed by atoms with E-state index in [1.165, 1.54) is 6.26 Å². The summed E-state index contributed by atoms with van der Waals surface area (Å²) in [6.45, 7) is 0.162. The van der Waals surface area contributed by atoms with Gasteiger partial charge in [0.25, 0.3) is 0 Å². The van der Waals surface area contributed by atoms with E-state index in [1.54, 1.807) is 12.1 Å². The summed E-state index contributed by atoms with van der Waals surface area (Å²) < 4.78 is 38.3. The molecule has 0 amide bonds. The predicted molar refractivity (Wildman–Crippen MR) is 94.8 cm³/mol. The van der Waals surface area contributed by atoms with E-state index in [-0.39, 0.29) is 28.1 Å². The Kier molecular flexibility index (Phi) is 5.57. The highest BCUT2D eigenvalue weighted by atomic mass is 35.5. The summed E-state index contributed by atoms with van der Waals surface area (Å²) in [7, 11) is 1.12. The molecule has 0 bridgehead atoms. The SMILES string of the molecule is COC(=O)c1nc(-c2c(F)cc(Cl)cc2F)nc(NCc2ccco2)c1Cl. The molecule has 2 heterocycles. The number of methoxy groups -OCH3 is 1. The average Bonchev–Trinajstić information content (AvgIpc) is 3.13. The molecule has 0 unspecified atom stereocenters. The quantitative estimate of drug-likeness (QED) is 0.609. The lowest BCUT2D eigenvalue weighted by Gasteiger charge is -2.12. The van der Waals surface area contributed by atoms with Crippen LogP contribution in [0.4, 0.5) is 14.6 Å². The molecule has 0 aliphatic carbocycles. The highest BCUT2D eigenvalue weighted by molar-refractivity contribution is 6.35. The molecule has 0 aliphatic rings. The van der Waals surface area contributed by atoms with E-state index < -0.39 is 29.0 Å². The Labute approximate surface area is 162 Å². The molecule has 3 rings (SSSR count). The van der Waals surface area contributed by atoms with E-state index in [1.807, 2.05) is 0 Å². The maximum Gasteiger partial charge on any atom is 0.358 e. The van der Waals surface area contributed by atoms with E-state index >= 15 is 0 Å². The summed E-state index contributed by atoms with van der Waals surface area (Å²) in [5.74, 6) is -2.74. The number of rotatable bonds is 5. The minimum absolute atomic E-state index is 0.0211. The second-order valence-corrected chi connectivity index (χ2v) is 6.04. The molecule has 0 radical (unpaired) electrons. The average molecular weight is 414 g/mol. The third-order valence-corrected chi connectivity index (χ3v) is 4.05. The summed E-state index contributed by atoms with van der Waals surface area (Å²) in [6.07, 6.45) is 1.47.